The Hall–Kier alpha value is -2.14. The van der Waals surface area contributed by atoms with Crippen LogP contribution in [0, 0.1) is 11.8 Å². The van der Waals surface area contributed by atoms with Crippen LogP contribution in [0.2, 0.25) is 0 Å². The fourth-order valence-electron chi connectivity index (χ4n) is 3.32. The maximum absolute atomic E-state index is 12.4. The first-order valence-corrected chi connectivity index (χ1v) is 8.14. The van der Waals surface area contributed by atoms with Gasteiger partial charge in [0.15, 0.2) is 0 Å². The first-order valence-electron chi connectivity index (χ1n) is 8.14. The van der Waals surface area contributed by atoms with Gasteiger partial charge in [-0.25, -0.2) is 0 Å². The molecule has 1 aliphatic rings. The number of nitrogens with zero attached hydrogens (tertiary/aromatic N) is 1. The van der Waals surface area contributed by atoms with Gasteiger partial charge in [0.25, 0.3) is 5.91 Å². The van der Waals surface area contributed by atoms with Crippen molar-refractivity contribution < 1.29 is 14.4 Å². The summed E-state index contributed by atoms with van der Waals surface area (Å²) in [7, 11) is 0. The lowest BCUT2D eigenvalue weighted by atomic mass is 9.79. The number of amides is 1. The van der Waals surface area contributed by atoms with Crippen molar-refractivity contribution in [1.82, 2.24) is 5.16 Å². The summed E-state index contributed by atoms with van der Waals surface area (Å²) >= 11 is 0. The van der Waals surface area contributed by atoms with Crippen molar-refractivity contribution in [2.45, 2.75) is 38.7 Å². The van der Waals surface area contributed by atoms with Crippen molar-refractivity contribution in [3.05, 3.63) is 36.5 Å². The molecular formula is C18H22N2O3. The Labute approximate surface area is 135 Å². The van der Waals surface area contributed by atoms with Gasteiger partial charge in [-0.3, -0.25) is 10.1 Å². The third kappa shape index (κ3) is 3.62. The molecule has 1 fully saturated rings. The molecule has 1 saturated carbocycles. The summed E-state index contributed by atoms with van der Waals surface area (Å²) in [5.74, 6) is 0.436. The average molecular weight is 314 g/mol. The zero-order valence-electron chi connectivity index (χ0n) is 13.2. The molecule has 1 heterocycles. The first kappa shape index (κ1) is 15.7. The van der Waals surface area contributed by atoms with E-state index in [-0.39, 0.29) is 11.8 Å². The van der Waals surface area contributed by atoms with E-state index < -0.39 is 12.0 Å². The lowest BCUT2D eigenvalue weighted by Crippen LogP contribution is -2.36. The quantitative estimate of drug-likeness (QED) is 0.906. The van der Waals surface area contributed by atoms with E-state index in [1.165, 1.54) is 6.42 Å². The predicted molar refractivity (Wildman–Crippen MR) is 87.7 cm³/mol. The summed E-state index contributed by atoms with van der Waals surface area (Å²) in [5, 5.41) is 16.8. The van der Waals surface area contributed by atoms with Crippen molar-refractivity contribution in [3.8, 4) is 11.1 Å². The van der Waals surface area contributed by atoms with E-state index in [4.69, 9.17) is 4.52 Å². The Balaban J connectivity index is 1.70. The van der Waals surface area contributed by atoms with Gasteiger partial charge in [-0.2, -0.15) is 0 Å². The molecule has 0 spiro atoms. The molecule has 3 unspecified atom stereocenters. The number of rotatable bonds is 4. The van der Waals surface area contributed by atoms with Crippen LogP contribution in [0.25, 0.3) is 11.1 Å². The summed E-state index contributed by atoms with van der Waals surface area (Å²) in [4.78, 5) is 12.4. The second-order valence-corrected chi connectivity index (χ2v) is 6.40. The Morgan fingerprint density at radius 1 is 1.35 bits per heavy atom. The summed E-state index contributed by atoms with van der Waals surface area (Å²) in [6.07, 6.45) is 4.57. The minimum atomic E-state index is -1.01. The number of hydrogen-bond donors (Lipinski definition) is 2. The van der Waals surface area contributed by atoms with Crippen LogP contribution in [0.1, 0.15) is 32.6 Å². The molecule has 0 saturated heterocycles. The van der Waals surface area contributed by atoms with Crippen LogP contribution in [-0.2, 0) is 4.79 Å². The van der Waals surface area contributed by atoms with Crippen molar-refractivity contribution in [3.63, 3.8) is 0 Å². The Kier molecular flexibility index (Phi) is 4.76. The largest absolute Gasteiger partial charge is 0.383 e. The molecule has 122 valence electrons. The molecule has 2 N–H and O–H groups in total. The van der Waals surface area contributed by atoms with Crippen molar-refractivity contribution in [1.29, 1.82) is 0 Å². The van der Waals surface area contributed by atoms with E-state index in [2.05, 4.69) is 17.4 Å². The Morgan fingerprint density at radius 3 is 2.87 bits per heavy atom. The van der Waals surface area contributed by atoms with Gasteiger partial charge in [0.2, 0.25) is 5.88 Å². The molecule has 0 radical (unpaired) electrons. The molecule has 1 aromatic carbocycles. The van der Waals surface area contributed by atoms with Crippen LogP contribution in [0.15, 0.2) is 41.1 Å². The van der Waals surface area contributed by atoms with Gasteiger partial charge < -0.3 is 9.63 Å². The van der Waals surface area contributed by atoms with Gasteiger partial charge in [0.05, 0.1) is 11.8 Å². The van der Waals surface area contributed by atoms with Crippen LogP contribution in [0.3, 0.4) is 0 Å². The first-order chi connectivity index (χ1) is 11.1. The van der Waals surface area contributed by atoms with E-state index in [1.54, 1.807) is 6.20 Å². The highest BCUT2D eigenvalue weighted by Gasteiger charge is 2.31. The normalized spacial score (nSPS) is 22.5. The minimum absolute atomic E-state index is 0.0156. The number of benzene rings is 1. The minimum Gasteiger partial charge on any atom is -0.383 e. The van der Waals surface area contributed by atoms with E-state index in [0.717, 1.165) is 24.8 Å². The maximum Gasteiger partial charge on any atom is 0.255 e. The molecule has 2 aromatic rings. The highest BCUT2D eigenvalue weighted by Crippen LogP contribution is 2.32. The average Bonchev–Trinajstić information content (AvgIpc) is 3.03. The topological polar surface area (TPSA) is 75.4 Å². The molecule has 1 amide bonds. The zero-order chi connectivity index (χ0) is 16.2. The lowest BCUT2D eigenvalue weighted by Gasteiger charge is -2.29. The lowest BCUT2D eigenvalue weighted by molar-refractivity contribution is -0.127. The zero-order valence-corrected chi connectivity index (χ0v) is 13.2. The van der Waals surface area contributed by atoms with Gasteiger partial charge in [0, 0.05) is 0 Å². The smallest absolute Gasteiger partial charge is 0.255 e. The van der Waals surface area contributed by atoms with Gasteiger partial charge in [-0.15, -0.1) is 0 Å². The number of aliphatic hydroxyl groups is 1. The van der Waals surface area contributed by atoms with E-state index in [1.807, 2.05) is 30.3 Å². The van der Waals surface area contributed by atoms with Crippen LogP contribution in [0.5, 0.6) is 0 Å². The molecule has 0 aliphatic heterocycles. The van der Waals surface area contributed by atoms with Crippen molar-refractivity contribution in [2.24, 2.45) is 11.8 Å². The second kappa shape index (κ2) is 6.96. The summed E-state index contributed by atoms with van der Waals surface area (Å²) in [5.41, 5.74) is 1.62. The van der Waals surface area contributed by atoms with Gasteiger partial charge in [-0.05, 0) is 30.2 Å². The summed E-state index contributed by atoms with van der Waals surface area (Å²) in [6.45, 7) is 2.17. The molecular weight excluding hydrogens is 292 g/mol. The third-order valence-electron chi connectivity index (χ3n) is 4.58. The monoisotopic (exact) mass is 314 g/mol. The maximum atomic E-state index is 12.4. The molecule has 3 atom stereocenters. The Bertz CT molecular complexity index is 653. The van der Waals surface area contributed by atoms with E-state index in [9.17, 15) is 9.90 Å². The molecule has 1 aliphatic carbocycles. The second-order valence-electron chi connectivity index (χ2n) is 6.40. The van der Waals surface area contributed by atoms with Crippen LogP contribution < -0.4 is 5.32 Å². The van der Waals surface area contributed by atoms with Gasteiger partial charge in [0.1, 0.15) is 6.10 Å². The van der Waals surface area contributed by atoms with Crippen LogP contribution >= 0.6 is 0 Å². The Morgan fingerprint density at radius 2 is 2.13 bits per heavy atom. The SMILES string of the molecule is CC1CCCC(C(O)C(=O)Nc2oncc2-c2ccccc2)C1. The number of anilines is 1. The molecule has 0 bridgehead atoms. The molecule has 3 rings (SSSR count). The van der Waals surface area contributed by atoms with Gasteiger partial charge >= 0.3 is 0 Å². The van der Waals surface area contributed by atoms with E-state index >= 15 is 0 Å². The highest BCUT2D eigenvalue weighted by molar-refractivity contribution is 5.96. The standard InChI is InChI=1S/C18H22N2O3/c1-12-6-5-9-14(10-12)16(21)17(22)20-18-15(11-19-23-18)13-7-3-2-4-8-13/h2-4,7-8,11-12,14,16,21H,5-6,9-10H2,1H3,(H,20,22). The fraction of sp³-hybridized carbons (Fsp3) is 0.444. The number of aliphatic hydroxyl groups excluding tert-OH is 1. The van der Waals surface area contributed by atoms with Crippen LogP contribution in [0.4, 0.5) is 5.88 Å². The fourth-order valence-corrected chi connectivity index (χ4v) is 3.32. The number of aromatic nitrogens is 1. The molecule has 5 heteroatoms. The number of hydrogen-bond acceptors (Lipinski definition) is 4. The summed E-state index contributed by atoms with van der Waals surface area (Å²) in [6, 6.07) is 9.57. The van der Waals surface area contributed by atoms with Crippen LogP contribution in [-0.4, -0.2) is 22.3 Å². The number of carbonyl (C=O) groups excluding carboxylic acids is 1. The van der Waals surface area contributed by atoms with Crippen molar-refractivity contribution in [2.75, 3.05) is 5.32 Å². The van der Waals surface area contributed by atoms with Gasteiger partial charge in [-0.1, -0.05) is 55.3 Å². The van der Waals surface area contributed by atoms with E-state index in [0.29, 0.717) is 11.5 Å². The highest BCUT2D eigenvalue weighted by atomic mass is 16.5. The predicted octanol–water partition coefficient (Wildman–Crippen LogP) is 3.47. The molecule has 1 aromatic heterocycles. The molecule has 5 nitrogen and oxygen atoms in total. The third-order valence-corrected chi connectivity index (χ3v) is 4.58. The molecule has 23 heavy (non-hydrogen) atoms. The number of nitrogens with one attached hydrogen (secondary N) is 1. The number of carbonyl (C=O) groups is 1. The summed E-state index contributed by atoms with van der Waals surface area (Å²) < 4.78 is 5.16. The van der Waals surface area contributed by atoms with Crippen molar-refractivity contribution >= 4 is 11.8 Å².